The van der Waals surface area contributed by atoms with E-state index in [1.165, 1.54) is 0 Å². The zero-order chi connectivity index (χ0) is 10.8. The van der Waals surface area contributed by atoms with Crippen molar-refractivity contribution in [3.63, 3.8) is 0 Å². The number of nitrogens with two attached hydrogens (primary N) is 1. The lowest BCUT2D eigenvalue weighted by atomic mass is 9.92. The van der Waals surface area contributed by atoms with E-state index in [0.29, 0.717) is 5.57 Å². The van der Waals surface area contributed by atoms with E-state index in [-0.39, 0.29) is 0 Å². The highest BCUT2D eigenvalue weighted by molar-refractivity contribution is 5.87. The average molecular weight is 193 g/mol. The van der Waals surface area contributed by atoms with Gasteiger partial charge in [-0.25, -0.2) is 4.79 Å². The Morgan fingerprint density at radius 2 is 2.21 bits per heavy atom. The van der Waals surface area contributed by atoms with Crippen LogP contribution >= 0.6 is 0 Å². The SMILES string of the molecule is C=C(C)C(=O)OC1C=CC=CC1(C)N. The molecular formula is C11H15NO2. The van der Waals surface area contributed by atoms with Crippen LogP contribution in [0.1, 0.15) is 13.8 Å². The van der Waals surface area contributed by atoms with Crippen LogP contribution in [0.3, 0.4) is 0 Å². The Labute approximate surface area is 83.9 Å². The molecule has 0 aliphatic heterocycles. The van der Waals surface area contributed by atoms with E-state index in [0.717, 1.165) is 0 Å². The van der Waals surface area contributed by atoms with Crippen LogP contribution in [0.5, 0.6) is 0 Å². The molecule has 0 aromatic heterocycles. The van der Waals surface area contributed by atoms with Crippen molar-refractivity contribution in [1.82, 2.24) is 0 Å². The lowest BCUT2D eigenvalue weighted by molar-refractivity contribution is -0.143. The van der Waals surface area contributed by atoms with Crippen molar-refractivity contribution < 1.29 is 9.53 Å². The fourth-order valence-electron chi connectivity index (χ4n) is 1.11. The number of hydrogen-bond acceptors (Lipinski definition) is 3. The second-order valence-electron chi connectivity index (χ2n) is 3.72. The van der Waals surface area contributed by atoms with Crippen LogP contribution in [0, 0.1) is 0 Å². The van der Waals surface area contributed by atoms with Crippen molar-refractivity contribution in [1.29, 1.82) is 0 Å². The highest BCUT2D eigenvalue weighted by atomic mass is 16.5. The van der Waals surface area contributed by atoms with Gasteiger partial charge in [0.1, 0.15) is 6.10 Å². The number of carbonyl (C=O) groups is 1. The first kappa shape index (κ1) is 10.7. The summed E-state index contributed by atoms with van der Waals surface area (Å²) in [5.41, 5.74) is 5.66. The molecule has 1 aliphatic rings. The molecule has 2 unspecified atom stereocenters. The van der Waals surface area contributed by atoms with Crippen LogP contribution in [-0.4, -0.2) is 17.6 Å². The smallest absolute Gasteiger partial charge is 0.333 e. The lowest BCUT2D eigenvalue weighted by Crippen LogP contribution is -2.48. The minimum atomic E-state index is -0.639. The number of esters is 1. The van der Waals surface area contributed by atoms with E-state index < -0.39 is 17.6 Å². The van der Waals surface area contributed by atoms with Gasteiger partial charge in [0.2, 0.25) is 0 Å². The van der Waals surface area contributed by atoms with Gasteiger partial charge < -0.3 is 10.5 Å². The highest BCUT2D eigenvalue weighted by Crippen LogP contribution is 2.18. The molecule has 1 aliphatic carbocycles. The summed E-state index contributed by atoms with van der Waals surface area (Å²) >= 11 is 0. The van der Waals surface area contributed by atoms with Crippen LogP contribution < -0.4 is 5.73 Å². The van der Waals surface area contributed by atoms with Gasteiger partial charge in [0.05, 0.1) is 5.54 Å². The third-order valence-electron chi connectivity index (χ3n) is 2.05. The number of carbonyl (C=O) groups excluding carboxylic acids is 1. The lowest BCUT2D eigenvalue weighted by Gasteiger charge is -2.30. The van der Waals surface area contributed by atoms with Crippen molar-refractivity contribution >= 4 is 5.97 Å². The molecule has 0 amide bonds. The molecule has 2 atom stereocenters. The predicted octanol–water partition coefficient (Wildman–Crippen LogP) is 1.32. The van der Waals surface area contributed by atoms with Gasteiger partial charge in [0.15, 0.2) is 0 Å². The maximum absolute atomic E-state index is 11.3. The maximum Gasteiger partial charge on any atom is 0.333 e. The third kappa shape index (κ3) is 2.33. The number of ether oxygens (including phenoxy) is 1. The van der Waals surface area contributed by atoms with Crippen LogP contribution in [0.2, 0.25) is 0 Å². The molecule has 0 spiro atoms. The Morgan fingerprint density at radius 1 is 1.57 bits per heavy atom. The topological polar surface area (TPSA) is 52.3 Å². The van der Waals surface area contributed by atoms with Gasteiger partial charge in [-0.2, -0.15) is 0 Å². The molecule has 0 aromatic carbocycles. The molecule has 0 bridgehead atoms. The molecule has 0 saturated heterocycles. The molecule has 0 aromatic rings. The van der Waals surface area contributed by atoms with Crippen molar-refractivity contribution in [2.45, 2.75) is 25.5 Å². The summed E-state index contributed by atoms with van der Waals surface area (Å²) in [6, 6.07) is 0. The first-order chi connectivity index (χ1) is 6.43. The van der Waals surface area contributed by atoms with Gasteiger partial charge in [-0.1, -0.05) is 24.8 Å². The fraction of sp³-hybridized carbons (Fsp3) is 0.364. The Morgan fingerprint density at radius 3 is 2.71 bits per heavy atom. The van der Waals surface area contributed by atoms with Crippen molar-refractivity contribution in [3.8, 4) is 0 Å². The average Bonchev–Trinajstić information content (AvgIpc) is 2.08. The molecule has 2 N–H and O–H groups in total. The normalized spacial score (nSPS) is 30.1. The minimum absolute atomic E-state index is 0.378. The summed E-state index contributed by atoms with van der Waals surface area (Å²) in [6.45, 7) is 6.93. The molecule has 0 radical (unpaired) electrons. The fourth-order valence-corrected chi connectivity index (χ4v) is 1.11. The van der Waals surface area contributed by atoms with Crippen molar-refractivity contribution in [3.05, 3.63) is 36.5 Å². The summed E-state index contributed by atoms with van der Waals surface area (Å²) in [5.74, 6) is -0.411. The number of hydrogen-bond donors (Lipinski definition) is 1. The molecule has 14 heavy (non-hydrogen) atoms. The third-order valence-corrected chi connectivity index (χ3v) is 2.05. The van der Waals surface area contributed by atoms with Gasteiger partial charge >= 0.3 is 5.97 Å². The largest absolute Gasteiger partial charge is 0.452 e. The van der Waals surface area contributed by atoms with E-state index in [2.05, 4.69) is 6.58 Å². The summed E-state index contributed by atoms with van der Waals surface area (Å²) < 4.78 is 5.17. The van der Waals surface area contributed by atoms with Gasteiger partial charge in [-0.3, -0.25) is 0 Å². The standard InChI is InChI=1S/C11H15NO2/c1-8(2)10(13)14-9-6-4-5-7-11(9,3)12/h4-7,9H,1,12H2,2-3H3. The van der Waals surface area contributed by atoms with E-state index in [9.17, 15) is 4.79 Å². The quantitative estimate of drug-likeness (QED) is 0.531. The van der Waals surface area contributed by atoms with Crippen LogP contribution in [0.4, 0.5) is 0 Å². The monoisotopic (exact) mass is 193 g/mol. The van der Waals surface area contributed by atoms with Gasteiger partial charge in [0.25, 0.3) is 0 Å². The summed E-state index contributed by atoms with van der Waals surface area (Å²) in [7, 11) is 0. The van der Waals surface area contributed by atoms with E-state index in [1.54, 1.807) is 13.0 Å². The molecule has 0 fully saturated rings. The molecule has 3 nitrogen and oxygen atoms in total. The molecule has 1 rings (SSSR count). The van der Waals surface area contributed by atoms with Crippen molar-refractivity contribution in [2.75, 3.05) is 0 Å². The summed E-state index contributed by atoms with van der Waals surface area (Å²) in [4.78, 5) is 11.3. The molecule has 0 heterocycles. The van der Waals surface area contributed by atoms with E-state index in [1.807, 2.05) is 25.2 Å². The molecular weight excluding hydrogens is 178 g/mol. The van der Waals surface area contributed by atoms with Gasteiger partial charge in [-0.15, -0.1) is 0 Å². The predicted molar refractivity (Wildman–Crippen MR) is 55.6 cm³/mol. The zero-order valence-electron chi connectivity index (χ0n) is 8.49. The first-order valence-corrected chi connectivity index (χ1v) is 4.45. The summed E-state index contributed by atoms with van der Waals surface area (Å²) in [5, 5.41) is 0. The molecule has 0 saturated carbocycles. The van der Waals surface area contributed by atoms with Gasteiger partial charge in [0, 0.05) is 5.57 Å². The number of allylic oxidation sites excluding steroid dienone is 2. The minimum Gasteiger partial charge on any atom is -0.452 e. The van der Waals surface area contributed by atoms with Crippen molar-refractivity contribution in [2.24, 2.45) is 5.73 Å². The zero-order valence-corrected chi connectivity index (χ0v) is 8.49. The van der Waals surface area contributed by atoms with Gasteiger partial charge in [-0.05, 0) is 19.9 Å². The molecule has 76 valence electrons. The highest BCUT2D eigenvalue weighted by Gasteiger charge is 2.30. The van der Waals surface area contributed by atoms with Crippen LogP contribution in [0.15, 0.2) is 36.5 Å². The summed E-state index contributed by atoms with van der Waals surface area (Å²) in [6.07, 6.45) is 6.80. The maximum atomic E-state index is 11.3. The first-order valence-electron chi connectivity index (χ1n) is 4.45. The number of rotatable bonds is 2. The second-order valence-corrected chi connectivity index (χ2v) is 3.72. The van der Waals surface area contributed by atoms with E-state index >= 15 is 0 Å². The van der Waals surface area contributed by atoms with E-state index in [4.69, 9.17) is 10.5 Å². The Hall–Kier alpha value is -1.35. The van der Waals surface area contributed by atoms with Crippen LogP contribution in [0.25, 0.3) is 0 Å². The molecule has 3 heteroatoms. The Kier molecular flexibility index (Phi) is 2.91. The Bertz CT molecular complexity index is 313. The van der Waals surface area contributed by atoms with Crippen LogP contribution in [-0.2, 0) is 9.53 Å². The second kappa shape index (κ2) is 3.80. The Balaban J connectivity index is 2.70.